The van der Waals surface area contributed by atoms with Crippen molar-refractivity contribution in [2.24, 2.45) is 5.92 Å². The standard InChI is InChI=1S/C14H23NO3S/c1-10(2)9-11(3)14(16)15-7-8-19(17,18)13-6-4-5-12(13)15/h11-13H,1,4-9H2,2-3H3. The van der Waals surface area contributed by atoms with E-state index >= 15 is 0 Å². The predicted octanol–water partition coefficient (Wildman–Crippen LogP) is 1.77. The molecule has 1 saturated heterocycles. The van der Waals surface area contributed by atoms with Crippen LogP contribution in [0.1, 0.15) is 39.5 Å². The first-order valence-electron chi connectivity index (χ1n) is 6.99. The topological polar surface area (TPSA) is 54.5 Å². The third kappa shape index (κ3) is 2.86. The smallest absolute Gasteiger partial charge is 0.226 e. The number of hydrogen-bond donors (Lipinski definition) is 0. The second-order valence-corrected chi connectivity index (χ2v) is 8.34. The van der Waals surface area contributed by atoms with Gasteiger partial charge in [0.05, 0.1) is 11.0 Å². The van der Waals surface area contributed by atoms with Crippen LogP contribution in [0.4, 0.5) is 0 Å². The predicted molar refractivity (Wildman–Crippen MR) is 75.5 cm³/mol. The molecule has 2 rings (SSSR count). The quantitative estimate of drug-likeness (QED) is 0.743. The molecule has 0 bridgehead atoms. The number of rotatable bonds is 3. The van der Waals surface area contributed by atoms with Crippen molar-refractivity contribution in [3.63, 3.8) is 0 Å². The summed E-state index contributed by atoms with van der Waals surface area (Å²) in [5.74, 6) is 0.119. The summed E-state index contributed by atoms with van der Waals surface area (Å²) in [6.07, 6.45) is 3.13. The Bertz CT molecular complexity index is 483. The van der Waals surface area contributed by atoms with Crippen LogP contribution < -0.4 is 0 Å². The summed E-state index contributed by atoms with van der Waals surface area (Å²) >= 11 is 0. The molecule has 3 unspecified atom stereocenters. The normalized spacial score (nSPS) is 30.7. The minimum Gasteiger partial charge on any atom is -0.337 e. The molecule has 4 nitrogen and oxygen atoms in total. The molecule has 0 N–H and O–H groups in total. The highest BCUT2D eigenvalue weighted by atomic mass is 32.2. The average molecular weight is 285 g/mol. The SMILES string of the molecule is C=C(C)CC(C)C(=O)N1CCS(=O)(=O)C2CCCC21. The molecule has 0 radical (unpaired) electrons. The Kier molecular flexibility index (Phi) is 4.04. The molecule has 0 aromatic rings. The van der Waals surface area contributed by atoms with E-state index in [-0.39, 0.29) is 28.9 Å². The number of nitrogens with zero attached hydrogens (tertiary/aromatic N) is 1. The highest BCUT2D eigenvalue weighted by molar-refractivity contribution is 7.92. The van der Waals surface area contributed by atoms with Gasteiger partial charge in [-0.15, -0.1) is 6.58 Å². The van der Waals surface area contributed by atoms with Crippen LogP contribution in [0.5, 0.6) is 0 Å². The van der Waals surface area contributed by atoms with Crippen molar-refractivity contribution in [1.29, 1.82) is 0 Å². The molecule has 108 valence electrons. The van der Waals surface area contributed by atoms with Crippen molar-refractivity contribution in [2.45, 2.75) is 50.8 Å². The molecule has 2 aliphatic rings. The molecule has 0 spiro atoms. The molecule has 1 aliphatic heterocycles. The van der Waals surface area contributed by atoms with E-state index in [9.17, 15) is 13.2 Å². The van der Waals surface area contributed by atoms with Crippen molar-refractivity contribution < 1.29 is 13.2 Å². The molecular weight excluding hydrogens is 262 g/mol. The fourth-order valence-corrected chi connectivity index (χ4v) is 5.43. The first-order chi connectivity index (χ1) is 8.83. The largest absolute Gasteiger partial charge is 0.337 e. The first kappa shape index (κ1) is 14.6. The fraction of sp³-hybridized carbons (Fsp3) is 0.786. The van der Waals surface area contributed by atoms with Crippen LogP contribution in [0.2, 0.25) is 0 Å². The number of sulfone groups is 1. The third-order valence-corrected chi connectivity index (χ3v) is 6.48. The lowest BCUT2D eigenvalue weighted by atomic mass is 10.0. The summed E-state index contributed by atoms with van der Waals surface area (Å²) in [6, 6.07) is -0.0844. The van der Waals surface area contributed by atoms with Crippen LogP contribution >= 0.6 is 0 Å². The van der Waals surface area contributed by atoms with Gasteiger partial charge in [0.15, 0.2) is 9.84 Å². The Labute approximate surface area is 115 Å². The third-order valence-electron chi connectivity index (χ3n) is 4.26. The van der Waals surface area contributed by atoms with Gasteiger partial charge in [-0.3, -0.25) is 4.79 Å². The maximum Gasteiger partial charge on any atom is 0.226 e. The summed E-state index contributed by atoms with van der Waals surface area (Å²) in [6.45, 7) is 8.04. The lowest BCUT2D eigenvalue weighted by Crippen LogP contribution is -2.55. The molecule has 1 heterocycles. The Morgan fingerprint density at radius 1 is 1.42 bits per heavy atom. The monoisotopic (exact) mass is 285 g/mol. The summed E-state index contributed by atoms with van der Waals surface area (Å²) < 4.78 is 24.1. The summed E-state index contributed by atoms with van der Waals surface area (Å²) in [7, 11) is -2.99. The number of fused-ring (bicyclic) bond motifs is 1. The van der Waals surface area contributed by atoms with Crippen LogP contribution in [0.25, 0.3) is 0 Å². The molecule has 0 aromatic carbocycles. The van der Waals surface area contributed by atoms with E-state index in [0.717, 1.165) is 18.4 Å². The minimum absolute atomic E-state index is 0.0844. The zero-order chi connectivity index (χ0) is 14.2. The first-order valence-corrected chi connectivity index (χ1v) is 8.71. The lowest BCUT2D eigenvalue weighted by Gasteiger charge is -2.38. The Hall–Kier alpha value is -0.840. The van der Waals surface area contributed by atoms with Gasteiger partial charge in [-0.25, -0.2) is 8.42 Å². The fourth-order valence-electron chi connectivity index (χ4n) is 3.39. The van der Waals surface area contributed by atoms with Crippen LogP contribution in [0.15, 0.2) is 12.2 Å². The maximum atomic E-state index is 12.5. The lowest BCUT2D eigenvalue weighted by molar-refractivity contribution is -0.137. The van der Waals surface area contributed by atoms with Gasteiger partial charge in [0.1, 0.15) is 0 Å². The molecule has 2 fully saturated rings. The van der Waals surface area contributed by atoms with Crippen molar-refractivity contribution in [1.82, 2.24) is 4.90 Å². The van der Waals surface area contributed by atoms with Crippen molar-refractivity contribution in [3.8, 4) is 0 Å². The van der Waals surface area contributed by atoms with Crippen LogP contribution in [-0.2, 0) is 14.6 Å². The Morgan fingerprint density at radius 2 is 2.11 bits per heavy atom. The molecule has 19 heavy (non-hydrogen) atoms. The van der Waals surface area contributed by atoms with Gasteiger partial charge >= 0.3 is 0 Å². The van der Waals surface area contributed by atoms with Crippen LogP contribution in [0.3, 0.4) is 0 Å². The minimum atomic E-state index is -2.99. The molecular formula is C14H23NO3S. The number of allylic oxidation sites excluding steroid dienone is 1. The number of carbonyl (C=O) groups is 1. The highest BCUT2D eigenvalue weighted by Gasteiger charge is 2.46. The molecule has 1 amide bonds. The van der Waals surface area contributed by atoms with Gasteiger partial charge in [-0.05, 0) is 32.6 Å². The van der Waals surface area contributed by atoms with Gasteiger partial charge in [-0.1, -0.05) is 12.5 Å². The number of hydrogen-bond acceptors (Lipinski definition) is 3. The molecule has 5 heteroatoms. The van der Waals surface area contributed by atoms with E-state index in [1.165, 1.54) is 0 Å². The molecule has 1 saturated carbocycles. The highest BCUT2D eigenvalue weighted by Crippen LogP contribution is 2.34. The number of carbonyl (C=O) groups excluding carboxylic acids is 1. The molecule has 3 atom stereocenters. The van der Waals surface area contributed by atoms with E-state index in [2.05, 4.69) is 6.58 Å². The van der Waals surface area contributed by atoms with Crippen molar-refractivity contribution >= 4 is 15.7 Å². The Morgan fingerprint density at radius 3 is 2.74 bits per heavy atom. The average Bonchev–Trinajstić information content (AvgIpc) is 2.77. The van der Waals surface area contributed by atoms with E-state index in [1.54, 1.807) is 0 Å². The van der Waals surface area contributed by atoms with E-state index in [1.807, 2.05) is 18.7 Å². The van der Waals surface area contributed by atoms with E-state index in [0.29, 0.717) is 19.4 Å². The zero-order valence-electron chi connectivity index (χ0n) is 11.8. The molecule has 0 aromatic heterocycles. The van der Waals surface area contributed by atoms with Gasteiger partial charge < -0.3 is 4.90 Å². The number of amides is 1. The Balaban J connectivity index is 2.13. The summed E-state index contributed by atoms with van der Waals surface area (Å²) in [5.41, 5.74) is 0.994. The van der Waals surface area contributed by atoms with E-state index < -0.39 is 9.84 Å². The van der Waals surface area contributed by atoms with Crippen molar-refractivity contribution in [3.05, 3.63) is 12.2 Å². The zero-order valence-corrected chi connectivity index (χ0v) is 12.6. The second-order valence-electron chi connectivity index (χ2n) is 6.00. The summed E-state index contributed by atoms with van der Waals surface area (Å²) in [5, 5.41) is -0.317. The van der Waals surface area contributed by atoms with Gasteiger partial charge in [0.25, 0.3) is 0 Å². The van der Waals surface area contributed by atoms with Gasteiger partial charge in [0.2, 0.25) is 5.91 Å². The van der Waals surface area contributed by atoms with Gasteiger partial charge in [-0.2, -0.15) is 0 Å². The van der Waals surface area contributed by atoms with Crippen molar-refractivity contribution in [2.75, 3.05) is 12.3 Å². The molecule has 1 aliphatic carbocycles. The van der Waals surface area contributed by atoms with Crippen LogP contribution in [-0.4, -0.2) is 42.8 Å². The maximum absolute atomic E-state index is 12.5. The van der Waals surface area contributed by atoms with Gasteiger partial charge in [0, 0.05) is 18.5 Å². The second kappa shape index (κ2) is 5.27. The van der Waals surface area contributed by atoms with Crippen LogP contribution in [0, 0.1) is 5.92 Å². The summed E-state index contributed by atoms with van der Waals surface area (Å²) in [4.78, 5) is 14.3. The van der Waals surface area contributed by atoms with E-state index in [4.69, 9.17) is 0 Å².